The van der Waals surface area contributed by atoms with Gasteiger partial charge in [0.2, 0.25) is 0 Å². The van der Waals surface area contributed by atoms with Crippen molar-refractivity contribution in [3.8, 4) is 0 Å². The second-order valence-corrected chi connectivity index (χ2v) is 8.07. The molecule has 3 aromatic rings. The molecule has 3 aromatic carbocycles. The van der Waals surface area contributed by atoms with Crippen LogP contribution in [0.15, 0.2) is 54.6 Å². The zero-order chi connectivity index (χ0) is 26.8. The number of carbonyl (C=O) groups is 7. The molecular weight excluding hydrogens is 488 g/mol. The van der Waals surface area contributed by atoms with E-state index in [-0.39, 0.29) is 44.8 Å². The van der Waals surface area contributed by atoms with Gasteiger partial charge >= 0.3 is 17.9 Å². The van der Waals surface area contributed by atoms with Crippen LogP contribution in [0.1, 0.15) is 72.5 Å². The first-order chi connectivity index (χ1) is 17.5. The Morgan fingerprint density at radius 2 is 0.811 bits per heavy atom. The lowest BCUT2D eigenvalue weighted by molar-refractivity contribution is 0.0686. The summed E-state index contributed by atoms with van der Waals surface area (Å²) in [5.41, 5.74) is -2.15. The minimum Gasteiger partial charge on any atom is -0.478 e. The molecule has 5 rings (SSSR count). The summed E-state index contributed by atoms with van der Waals surface area (Å²) in [6, 6.07) is 9.70. The monoisotopic (exact) mass is 500 g/mol. The van der Waals surface area contributed by atoms with Crippen LogP contribution in [0.5, 0.6) is 0 Å². The zero-order valence-electron chi connectivity index (χ0n) is 18.3. The van der Waals surface area contributed by atoms with E-state index in [1.165, 1.54) is 0 Å². The fraction of sp³-hybridized carbons (Fsp3) is 0. The molecule has 0 atom stereocenters. The van der Waals surface area contributed by atoms with Gasteiger partial charge in [0.05, 0.1) is 50.3 Å². The van der Waals surface area contributed by atoms with Crippen molar-refractivity contribution in [3.05, 3.63) is 93.5 Å². The van der Waals surface area contributed by atoms with Crippen LogP contribution in [0.4, 0.5) is 11.4 Å². The summed E-state index contributed by atoms with van der Waals surface area (Å²) in [6.07, 6.45) is 0. The molecule has 0 spiro atoms. The number of hydrogen-bond acceptors (Lipinski definition) is 7. The van der Waals surface area contributed by atoms with E-state index in [1.54, 1.807) is 0 Å². The Morgan fingerprint density at radius 3 is 1.16 bits per heavy atom. The maximum absolute atomic E-state index is 13.1. The van der Waals surface area contributed by atoms with Crippen LogP contribution in [0, 0.1) is 0 Å². The van der Waals surface area contributed by atoms with E-state index in [9.17, 15) is 48.9 Å². The minimum absolute atomic E-state index is 0.112. The van der Waals surface area contributed by atoms with Gasteiger partial charge < -0.3 is 15.3 Å². The summed E-state index contributed by atoms with van der Waals surface area (Å²) in [6.45, 7) is 0. The summed E-state index contributed by atoms with van der Waals surface area (Å²) in [5.74, 6) is -7.72. The van der Waals surface area contributed by atoms with Crippen molar-refractivity contribution in [2.45, 2.75) is 0 Å². The molecule has 0 fully saturated rings. The normalized spacial score (nSPS) is 14.2. The fourth-order valence-electron chi connectivity index (χ4n) is 4.19. The summed E-state index contributed by atoms with van der Waals surface area (Å²) in [7, 11) is 0. The molecule has 2 heterocycles. The molecule has 12 heteroatoms. The maximum atomic E-state index is 13.1. The van der Waals surface area contributed by atoms with Crippen LogP contribution in [0.3, 0.4) is 0 Å². The Morgan fingerprint density at radius 1 is 0.459 bits per heavy atom. The Labute approximate surface area is 205 Å². The Hall–Kier alpha value is -5.65. The molecule has 0 radical (unpaired) electrons. The largest absolute Gasteiger partial charge is 0.478 e. The van der Waals surface area contributed by atoms with Crippen LogP contribution >= 0.6 is 0 Å². The molecule has 0 saturated carbocycles. The number of aromatic carboxylic acids is 3. The third kappa shape index (κ3) is 3.43. The molecule has 4 amide bonds. The van der Waals surface area contributed by atoms with Crippen LogP contribution < -0.4 is 9.80 Å². The SMILES string of the molecule is O=C(O)c1cc(N2C(=O)c3ccc(C(=O)O)cc3C2=O)cc(N2C(=O)c3ccc(C(=O)O)cc3C2=O)c1. The Bertz CT molecular complexity index is 1540. The number of carboxylic acids is 3. The lowest BCUT2D eigenvalue weighted by Gasteiger charge is -2.20. The number of imide groups is 2. The average molecular weight is 500 g/mol. The van der Waals surface area contributed by atoms with Gasteiger partial charge in [-0.15, -0.1) is 0 Å². The molecule has 2 aliphatic rings. The van der Waals surface area contributed by atoms with Gasteiger partial charge in [-0.05, 0) is 54.6 Å². The van der Waals surface area contributed by atoms with Gasteiger partial charge in [-0.3, -0.25) is 19.2 Å². The molecule has 12 nitrogen and oxygen atoms in total. The van der Waals surface area contributed by atoms with Crippen LogP contribution in [-0.4, -0.2) is 56.9 Å². The number of rotatable bonds is 5. The van der Waals surface area contributed by atoms with Crippen LogP contribution in [0.25, 0.3) is 0 Å². The first kappa shape index (κ1) is 23.1. The molecule has 0 aromatic heterocycles. The van der Waals surface area contributed by atoms with E-state index in [1.807, 2.05) is 0 Å². The molecule has 0 bridgehead atoms. The van der Waals surface area contributed by atoms with E-state index in [4.69, 9.17) is 0 Å². The van der Waals surface area contributed by atoms with Gasteiger partial charge in [0.1, 0.15) is 0 Å². The van der Waals surface area contributed by atoms with Gasteiger partial charge in [-0.2, -0.15) is 0 Å². The summed E-state index contributed by atoms with van der Waals surface area (Å²) >= 11 is 0. The first-order valence-electron chi connectivity index (χ1n) is 10.4. The van der Waals surface area contributed by atoms with Gasteiger partial charge in [-0.1, -0.05) is 0 Å². The fourth-order valence-corrected chi connectivity index (χ4v) is 4.19. The highest BCUT2D eigenvalue weighted by Crippen LogP contribution is 2.36. The Balaban J connectivity index is 1.61. The number of hydrogen-bond donors (Lipinski definition) is 3. The number of carboxylic acid groups (broad SMARTS) is 3. The average Bonchev–Trinajstić information content (AvgIpc) is 3.27. The summed E-state index contributed by atoms with van der Waals surface area (Å²) < 4.78 is 0. The van der Waals surface area contributed by atoms with Crippen molar-refractivity contribution in [1.82, 2.24) is 0 Å². The first-order valence-corrected chi connectivity index (χ1v) is 10.4. The maximum Gasteiger partial charge on any atom is 0.335 e. The van der Waals surface area contributed by atoms with E-state index in [0.717, 1.165) is 54.6 Å². The number of carbonyl (C=O) groups excluding carboxylic acids is 4. The van der Waals surface area contributed by atoms with Crippen molar-refractivity contribution in [2.24, 2.45) is 0 Å². The standard InChI is InChI=1S/C25H12N2O10/c28-19-15-3-1-10(23(32)33)7-17(15)21(30)26(19)13-5-12(25(36)37)6-14(9-13)27-20(29)16-4-2-11(24(34)35)8-18(16)22(27)31/h1-9H,(H,32,33)(H,34,35)(H,36,37). The lowest BCUT2D eigenvalue weighted by atomic mass is 10.1. The van der Waals surface area contributed by atoms with E-state index in [0.29, 0.717) is 9.80 Å². The minimum atomic E-state index is -1.49. The van der Waals surface area contributed by atoms with Crippen LogP contribution in [-0.2, 0) is 0 Å². The lowest BCUT2D eigenvalue weighted by Crippen LogP contribution is -2.32. The van der Waals surface area contributed by atoms with Gasteiger partial charge in [0.25, 0.3) is 23.6 Å². The molecule has 37 heavy (non-hydrogen) atoms. The number of amides is 4. The van der Waals surface area contributed by atoms with E-state index >= 15 is 0 Å². The second kappa shape index (κ2) is 7.95. The topological polar surface area (TPSA) is 187 Å². The second-order valence-electron chi connectivity index (χ2n) is 8.07. The highest BCUT2D eigenvalue weighted by atomic mass is 16.4. The highest BCUT2D eigenvalue weighted by Gasteiger charge is 2.40. The summed E-state index contributed by atoms with van der Waals surface area (Å²) in [5, 5.41) is 28.0. The van der Waals surface area contributed by atoms with Gasteiger partial charge in [0.15, 0.2) is 0 Å². The third-order valence-electron chi connectivity index (χ3n) is 5.93. The molecule has 0 unspecified atom stereocenters. The smallest absolute Gasteiger partial charge is 0.335 e. The van der Waals surface area contributed by atoms with Gasteiger partial charge in [-0.25, -0.2) is 24.2 Å². The predicted octanol–water partition coefficient (Wildman–Crippen LogP) is 2.38. The van der Waals surface area contributed by atoms with Crippen molar-refractivity contribution in [1.29, 1.82) is 0 Å². The van der Waals surface area contributed by atoms with Crippen molar-refractivity contribution in [2.75, 3.05) is 9.80 Å². The predicted molar refractivity (Wildman–Crippen MR) is 122 cm³/mol. The molecule has 0 saturated heterocycles. The molecule has 182 valence electrons. The molecule has 3 N–H and O–H groups in total. The van der Waals surface area contributed by atoms with Gasteiger partial charge in [0, 0.05) is 0 Å². The molecular formula is C25H12N2O10. The number of fused-ring (bicyclic) bond motifs is 2. The number of anilines is 2. The van der Waals surface area contributed by atoms with Crippen molar-refractivity contribution >= 4 is 52.9 Å². The van der Waals surface area contributed by atoms with Crippen LogP contribution in [0.2, 0.25) is 0 Å². The molecule has 0 aliphatic carbocycles. The molecule has 2 aliphatic heterocycles. The quantitative estimate of drug-likeness (QED) is 0.439. The number of benzene rings is 3. The number of nitrogens with zero attached hydrogens (tertiary/aromatic N) is 2. The van der Waals surface area contributed by atoms with Crippen molar-refractivity contribution in [3.63, 3.8) is 0 Å². The van der Waals surface area contributed by atoms with Crippen molar-refractivity contribution < 1.29 is 48.9 Å². The highest BCUT2D eigenvalue weighted by molar-refractivity contribution is 6.36. The Kier molecular flexibility index (Phi) is 4.96. The van der Waals surface area contributed by atoms with E-state index in [2.05, 4.69) is 0 Å². The summed E-state index contributed by atoms with van der Waals surface area (Å²) in [4.78, 5) is 87.8. The van der Waals surface area contributed by atoms with E-state index < -0.39 is 47.1 Å². The third-order valence-corrected chi connectivity index (χ3v) is 5.93. The zero-order valence-corrected chi connectivity index (χ0v) is 18.3.